The van der Waals surface area contributed by atoms with Gasteiger partial charge in [0.25, 0.3) is 0 Å². The summed E-state index contributed by atoms with van der Waals surface area (Å²) < 4.78 is 20.7. The van der Waals surface area contributed by atoms with Crippen molar-refractivity contribution in [1.82, 2.24) is 0 Å². The van der Waals surface area contributed by atoms with Gasteiger partial charge in [0.1, 0.15) is 6.10 Å². The molecule has 0 aromatic rings. The van der Waals surface area contributed by atoms with Crippen LogP contribution in [0.1, 0.15) is 13.8 Å². The van der Waals surface area contributed by atoms with Crippen LogP contribution >= 0.6 is 0 Å². The van der Waals surface area contributed by atoms with Crippen LogP contribution < -0.4 is 0 Å². The standard InChI is InChI=1S/C15H20O6/c1-4-6-7-12-13(10-19-11(3)20-12)21-15(17)9-8-14(16)18-5-2/h4,6-9,11-13H,1,5,10H2,2-3H3/b7-6+,9-8+/t11-,12+,13-/m1/s1. The lowest BCUT2D eigenvalue weighted by Crippen LogP contribution is -2.44. The van der Waals surface area contributed by atoms with Crippen molar-refractivity contribution in [2.24, 2.45) is 0 Å². The first kappa shape index (κ1) is 17.1. The van der Waals surface area contributed by atoms with Gasteiger partial charge in [-0.15, -0.1) is 0 Å². The minimum absolute atomic E-state index is 0.215. The van der Waals surface area contributed by atoms with E-state index in [0.29, 0.717) is 0 Å². The summed E-state index contributed by atoms with van der Waals surface area (Å²) >= 11 is 0. The smallest absolute Gasteiger partial charge is 0.331 e. The Bertz CT molecular complexity index is 426. The fourth-order valence-electron chi connectivity index (χ4n) is 1.65. The quantitative estimate of drug-likeness (QED) is 0.420. The molecule has 0 amide bonds. The molecule has 6 nitrogen and oxygen atoms in total. The summed E-state index contributed by atoms with van der Waals surface area (Å²) in [6.45, 7) is 7.47. The molecule has 6 heteroatoms. The maximum Gasteiger partial charge on any atom is 0.331 e. The van der Waals surface area contributed by atoms with Crippen molar-refractivity contribution < 1.29 is 28.5 Å². The van der Waals surface area contributed by atoms with Gasteiger partial charge >= 0.3 is 11.9 Å². The highest BCUT2D eigenvalue weighted by atomic mass is 16.7. The van der Waals surface area contributed by atoms with Crippen molar-refractivity contribution in [1.29, 1.82) is 0 Å². The molecule has 0 N–H and O–H groups in total. The molecule has 0 aromatic carbocycles. The monoisotopic (exact) mass is 296 g/mol. The summed E-state index contributed by atoms with van der Waals surface area (Å²) in [5, 5.41) is 0. The molecule has 0 aromatic heterocycles. The first-order valence-electron chi connectivity index (χ1n) is 6.68. The van der Waals surface area contributed by atoms with Crippen LogP contribution in [0, 0.1) is 0 Å². The molecule has 0 saturated carbocycles. The van der Waals surface area contributed by atoms with E-state index in [9.17, 15) is 9.59 Å². The van der Waals surface area contributed by atoms with Gasteiger partial charge in [0.05, 0.1) is 13.2 Å². The van der Waals surface area contributed by atoms with E-state index in [-0.39, 0.29) is 19.5 Å². The summed E-state index contributed by atoms with van der Waals surface area (Å²) in [7, 11) is 0. The average Bonchev–Trinajstić information content (AvgIpc) is 2.45. The molecule has 0 radical (unpaired) electrons. The molecule has 0 bridgehead atoms. The van der Waals surface area contributed by atoms with Crippen LogP contribution in [0.15, 0.2) is 37.0 Å². The third-order valence-electron chi connectivity index (χ3n) is 2.56. The number of rotatable bonds is 6. The summed E-state index contributed by atoms with van der Waals surface area (Å²) in [5.74, 6) is -1.26. The van der Waals surface area contributed by atoms with Crippen LogP contribution in [0.3, 0.4) is 0 Å². The highest BCUT2D eigenvalue weighted by Gasteiger charge is 2.30. The number of carbonyl (C=O) groups is 2. The van der Waals surface area contributed by atoms with E-state index in [2.05, 4.69) is 11.3 Å². The van der Waals surface area contributed by atoms with E-state index in [1.165, 1.54) is 0 Å². The van der Waals surface area contributed by atoms with Crippen molar-refractivity contribution in [3.63, 3.8) is 0 Å². The minimum Gasteiger partial charge on any atom is -0.463 e. The second kappa shape index (κ2) is 9.10. The second-order valence-corrected chi connectivity index (χ2v) is 4.18. The van der Waals surface area contributed by atoms with Crippen molar-refractivity contribution >= 4 is 11.9 Å². The normalized spacial score (nSPS) is 25.9. The maximum absolute atomic E-state index is 11.6. The number of allylic oxidation sites excluding steroid dienone is 2. The second-order valence-electron chi connectivity index (χ2n) is 4.18. The molecule has 3 atom stereocenters. The Morgan fingerprint density at radius 1 is 1.33 bits per heavy atom. The van der Waals surface area contributed by atoms with E-state index in [1.807, 2.05) is 0 Å². The highest BCUT2D eigenvalue weighted by Crippen LogP contribution is 2.17. The number of esters is 2. The fraction of sp³-hybridized carbons (Fsp3) is 0.467. The summed E-state index contributed by atoms with van der Waals surface area (Å²) in [6.07, 6.45) is 5.69. The zero-order chi connectivity index (χ0) is 15.7. The lowest BCUT2D eigenvalue weighted by Gasteiger charge is -2.32. The first-order valence-corrected chi connectivity index (χ1v) is 6.68. The number of hydrogen-bond acceptors (Lipinski definition) is 6. The van der Waals surface area contributed by atoms with Gasteiger partial charge in [-0.3, -0.25) is 0 Å². The average molecular weight is 296 g/mol. The highest BCUT2D eigenvalue weighted by molar-refractivity contribution is 5.91. The minimum atomic E-state index is -0.660. The van der Waals surface area contributed by atoms with Gasteiger partial charge < -0.3 is 18.9 Å². The van der Waals surface area contributed by atoms with Crippen molar-refractivity contribution in [2.45, 2.75) is 32.3 Å². The number of carbonyl (C=O) groups excluding carboxylic acids is 2. The SMILES string of the molecule is C=C/C=C/[C@@H]1O[C@H](C)OC[C@H]1OC(=O)/C=C/C(=O)OCC. The third-order valence-corrected chi connectivity index (χ3v) is 2.56. The van der Waals surface area contributed by atoms with Crippen molar-refractivity contribution in [2.75, 3.05) is 13.2 Å². The van der Waals surface area contributed by atoms with Gasteiger partial charge in [-0.1, -0.05) is 24.8 Å². The summed E-state index contributed by atoms with van der Waals surface area (Å²) in [5.41, 5.74) is 0. The summed E-state index contributed by atoms with van der Waals surface area (Å²) in [4.78, 5) is 22.7. The Kier molecular flexibility index (Phi) is 7.42. The zero-order valence-electron chi connectivity index (χ0n) is 12.2. The largest absolute Gasteiger partial charge is 0.463 e. The molecule has 1 heterocycles. The van der Waals surface area contributed by atoms with Gasteiger partial charge in [0.2, 0.25) is 0 Å². The summed E-state index contributed by atoms with van der Waals surface area (Å²) in [6, 6.07) is 0. The van der Waals surface area contributed by atoms with Gasteiger partial charge in [0, 0.05) is 12.2 Å². The molecule has 21 heavy (non-hydrogen) atoms. The molecular formula is C15H20O6. The molecule has 1 aliphatic rings. The predicted octanol–water partition coefficient (Wildman–Crippen LogP) is 1.52. The first-order chi connectivity index (χ1) is 10.1. The molecule has 0 spiro atoms. The lowest BCUT2D eigenvalue weighted by molar-refractivity contribution is -0.237. The molecule has 0 unspecified atom stereocenters. The Morgan fingerprint density at radius 2 is 2.05 bits per heavy atom. The molecule has 1 aliphatic heterocycles. The Hall–Kier alpha value is -1.92. The predicted molar refractivity (Wildman–Crippen MR) is 75.3 cm³/mol. The molecule has 1 fully saturated rings. The topological polar surface area (TPSA) is 71.1 Å². The molecule has 1 rings (SSSR count). The molecule has 116 valence electrons. The Morgan fingerprint density at radius 3 is 2.71 bits per heavy atom. The van der Waals surface area contributed by atoms with Crippen LogP contribution in [0.4, 0.5) is 0 Å². The van der Waals surface area contributed by atoms with E-state index >= 15 is 0 Å². The molecule has 0 aliphatic carbocycles. The van der Waals surface area contributed by atoms with Crippen molar-refractivity contribution in [3.05, 3.63) is 37.0 Å². The Labute approximate surface area is 124 Å². The van der Waals surface area contributed by atoms with Crippen LogP contribution in [-0.4, -0.2) is 43.7 Å². The molecule has 1 saturated heterocycles. The third kappa shape index (κ3) is 6.37. The fourth-order valence-corrected chi connectivity index (χ4v) is 1.65. The van der Waals surface area contributed by atoms with E-state index in [1.54, 1.807) is 32.1 Å². The van der Waals surface area contributed by atoms with Crippen LogP contribution in [0.25, 0.3) is 0 Å². The van der Waals surface area contributed by atoms with Crippen LogP contribution in [-0.2, 0) is 28.5 Å². The van der Waals surface area contributed by atoms with Gasteiger partial charge in [0.15, 0.2) is 12.4 Å². The lowest BCUT2D eigenvalue weighted by atomic mass is 10.1. The van der Waals surface area contributed by atoms with E-state index < -0.39 is 24.1 Å². The van der Waals surface area contributed by atoms with Gasteiger partial charge in [-0.2, -0.15) is 0 Å². The zero-order valence-corrected chi connectivity index (χ0v) is 12.2. The number of hydrogen-bond donors (Lipinski definition) is 0. The van der Waals surface area contributed by atoms with E-state index in [4.69, 9.17) is 14.2 Å². The van der Waals surface area contributed by atoms with Crippen LogP contribution in [0.5, 0.6) is 0 Å². The van der Waals surface area contributed by atoms with E-state index in [0.717, 1.165) is 12.2 Å². The molecular weight excluding hydrogens is 276 g/mol. The maximum atomic E-state index is 11.6. The Balaban J connectivity index is 2.57. The number of ether oxygens (including phenoxy) is 4. The van der Waals surface area contributed by atoms with Gasteiger partial charge in [-0.25, -0.2) is 9.59 Å². The van der Waals surface area contributed by atoms with Gasteiger partial charge in [-0.05, 0) is 13.8 Å². The van der Waals surface area contributed by atoms with Crippen molar-refractivity contribution in [3.8, 4) is 0 Å². The van der Waals surface area contributed by atoms with Crippen LogP contribution in [0.2, 0.25) is 0 Å².